The summed E-state index contributed by atoms with van der Waals surface area (Å²) >= 11 is 0. The molecule has 2 heteroatoms. The van der Waals surface area contributed by atoms with E-state index >= 15 is 0 Å². The lowest BCUT2D eigenvalue weighted by atomic mass is 9.97. The van der Waals surface area contributed by atoms with E-state index in [1.807, 2.05) is 17.9 Å². The molecule has 0 aliphatic carbocycles. The highest BCUT2D eigenvalue weighted by molar-refractivity contribution is 5.78. The fraction of sp³-hybridized carbons (Fsp3) is 0.455. The first kappa shape index (κ1) is 8.42. The Balaban J connectivity index is 2.56. The van der Waals surface area contributed by atoms with E-state index in [2.05, 4.69) is 26.0 Å². The number of hydrogen-bond donors (Lipinski definition) is 0. The number of aryl methyl sites for hydroxylation is 1. The highest BCUT2D eigenvalue weighted by atomic mass is 16.5. The molecule has 2 rings (SSSR count). The zero-order valence-electron chi connectivity index (χ0n) is 8.37. The minimum Gasteiger partial charge on any atom is -0.377 e. The summed E-state index contributed by atoms with van der Waals surface area (Å²) in [6, 6.07) is 6.26. The van der Waals surface area contributed by atoms with Crippen molar-refractivity contribution in [2.24, 2.45) is 7.05 Å². The van der Waals surface area contributed by atoms with Gasteiger partial charge in [-0.05, 0) is 24.0 Å². The Labute approximate surface area is 78.1 Å². The highest BCUT2D eigenvalue weighted by Gasteiger charge is 2.13. The Morgan fingerprint density at radius 3 is 2.85 bits per heavy atom. The van der Waals surface area contributed by atoms with Gasteiger partial charge in [-0.25, -0.2) is 4.74 Å². The van der Waals surface area contributed by atoms with E-state index in [1.54, 1.807) is 0 Å². The molecule has 0 saturated carbocycles. The van der Waals surface area contributed by atoms with Crippen LogP contribution >= 0.6 is 0 Å². The molecule has 0 amide bonds. The summed E-state index contributed by atoms with van der Waals surface area (Å²) in [4.78, 5) is 0. The molecule has 1 atom stereocenters. The lowest BCUT2D eigenvalue weighted by Gasteiger charge is -2.16. The van der Waals surface area contributed by atoms with E-state index in [-0.39, 0.29) is 0 Å². The van der Waals surface area contributed by atoms with E-state index in [9.17, 15) is 0 Å². The van der Waals surface area contributed by atoms with Gasteiger partial charge in [-0.1, -0.05) is 26.0 Å². The molecule has 0 N–H and O–H groups in total. The fourth-order valence-corrected chi connectivity index (χ4v) is 1.72. The summed E-state index contributed by atoms with van der Waals surface area (Å²) in [6.07, 6.45) is 1.17. The highest BCUT2D eigenvalue weighted by Crippen LogP contribution is 2.29. The Hall–Kier alpha value is -1.18. The molecule has 13 heavy (non-hydrogen) atoms. The topological polar surface area (TPSA) is 18.1 Å². The van der Waals surface area contributed by atoms with Crippen LogP contribution in [0.25, 0.3) is 11.1 Å². The average Bonchev–Trinajstić information content (AvgIpc) is 2.14. The lowest BCUT2D eigenvalue weighted by molar-refractivity contribution is 0.304. The molecular weight excluding hydrogens is 162 g/mol. The maximum atomic E-state index is 5.35. The predicted octanol–water partition coefficient (Wildman–Crippen LogP) is 3.28. The van der Waals surface area contributed by atoms with Crippen LogP contribution in [0.5, 0.6) is 0 Å². The second-order valence-corrected chi connectivity index (χ2v) is 3.59. The van der Waals surface area contributed by atoms with Crippen molar-refractivity contribution in [3.63, 3.8) is 0 Å². The summed E-state index contributed by atoms with van der Waals surface area (Å²) in [6.45, 7) is 4.46. The van der Waals surface area contributed by atoms with Gasteiger partial charge in [0.05, 0.1) is 0 Å². The molecule has 2 nitrogen and oxygen atoms in total. The zero-order valence-corrected chi connectivity index (χ0v) is 8.37. The summed E-state index contributed by atoms with van der Waals surface area (Å²) in [5.74, 6) is 0.612. The minimum absolute atomic E-state index is 0.612. The second-order valence-electron chi connectivity index (χ2n) is 3.59. The van der Waals surface area contributed by atoms with Crippen molar-refractivity contribution in [2.75, 3.05) is 0 Å². The van der Waals surface area contributed by atoms with Crippen LogP contribution in [0.1, 0.15) is 31.7 Å². The summed E-state index contributed by atoms with van der Waals surface area (Å²) in [5, 5.41) is 0. The van der Waals surface area contributed by atoms with Gasteiger partial charge in [-0.2, -0.15) is 0 Å². The van der Waals surface area contributed by atoms with E-state index < -0.39 is 0 Å². The molecule has 1 unspecified atom stereocenters. The molecular formula is C11H15NO. The Morgan fingerprint density at radius 1 is 1.46 bits per heavy atom. The van der Waals surface area contributed by atoms with Crippen molar-refractivity contribution in [1.29, 1.82) is 0 Å². The van der Waals surface area contributed by atoms with Crippen LogP contribution in [0.3, 0.4) is 0 Å². The molecule has 0 saturated heterocycles. The smallest absolute Gasteiger partial charge is 0.182 e. The Morgan fingerprint density at radius 2 is 2.23 bits per heavy atom. The van der Waals surface area contributed by atoms with Gasteiger partial charge in [0.25, 0.3) is 0 Å². The number of nitrogens with zero attached hydrogens (tertiary/aromatic N) is 1. The monoisotopic (exact) mass is 177 g/mol. The average molecular weight is 177 g/mol. The first-order chi connectivity index (χ1) is 6.24. The molecule has 1 aromatic carbocycles. The van der Waals surface area contributed by atoms with E-state index in [0.29, 0.717) is 5.92 Å². The third-order valence-corrected chi connectivity index (χ3v) is 2.72. The SMILES string of the molecule is CCC(C)c1cccc2on(C)c12. The van der Waals surface area contributed by atoms with Gasteiger partial charge in [0.15, 0.2) is 5.58 Å². The maximum absolute atomic E-state index is 5.35. The third-order valence-electron chi connectivity index (χ3n) is 2.72. The van der Waals surface area contributed by atoms with Crippen LogP contribution < -0.4 is 0 Å². The number of rotatable bonds is 2. The first-order valence-electron chi connectivity index (χ1n) is 4.78. The lowest BCUT2D eigenvalue weighted by Crippen LogP contribution is -2.04. The van der Waals surface area contributed by atoms with E-state index in [1.165, 1.54) is 17.5 Å². The van der Waals surface area contributed by atoms with Gasteiger partial charge in [-0.3, -0.25) is 0 Å². The summed E-state index contributed by atoms with van der Waals surface area (Å²) in [7, 11) is 1.95. The number of benzene rings is 1. The quantitative estimate of drug-likeness (QED) is 0.688. The zero-order chi connectivity index (χ0) is 9.42. The number of hydrogen-bond acceptors (Lipinski definition) is 1. The molecule has 70 valence electrons. The largest absolute Gasteiger partial charge is 0.377 e. The molecule has 0 radical (unpaired) electrons. The summed E-state index contributed by atoms with van der Waals surface area (Å²) < 4.78 is 7.20. The van der Waals surface area contributed by atoms with Crippen molar-refractivity contribution >= 4 is 11.1 Å². The summed E-state index contributed by atoms with van der Waals surface area (Å²) in [5.41, 5.74) is 3.67. The van der Waals surface area contributed by atoms with Gasteiger partial charge in [0, 0.05) is 7.05 Å². The Bertz CT molecular complexity index is 411. The van der Waals surface area contributed by atoms with Crippen LogP contribution in [0.15, 0.2) is 22.7 Å². The van der Waals surface area contributed by atoms with E-state index in [4.69, 9.17) is 4.52 Å². The minimum atomic E-state index is 0.612. The Kier molecular flexibility index (Phi) is 1.91. The first-order valence-corrected chi connectivity index (χ1v) is 4.78. The standard InChI is InChI=1S/C11H15NO/c1-4-8(2)9-6-5-7-10-11(9)12(3)13-10/h5-8H,4H2,1-3H3. The predicted molar refractivity (Wildman–Crippen MR) is 53.9 cm³/mol. The molecule has 1 heterocycles. The third kappa shape index (κ3) is 1.17. The molecule has 1 aromatic heterocycles. The van der Waals surface area contributed by atoms with Gasteiger partial charge in [0.1, 0.15) is 5.52 Å². The van der Waals surface area contributed by atoms with Crippen LogP contribution in [-0.4, -0.2) is 4.74 Å². The van der Waals surface area contributed by atoms with Crippen molar-refractivity contribution < 1.29 is 4.52 Å². The molecule has 0 aliphatic heterocycles. The van der Waals surface area contributed by atoms with Crippen molar-refractivity contribution in [1.82, 2.24) is 4.74 Å². The van der Waals surface area contributed by atoms with Crippen LogP contribution in [-0.2, 0) is 7.05 Å². The van der Waals surface area contributed by atoms with Crippen LogP contribution in [0.2, 0.25) is 0 Å². The molecule has 0 bridgehead atoms. The van der Waals surface area contributed by atoms with Crippen molar-refractivity contribution in [2.45, 2.75) is 26.2 Å². The van der Waals surface area contributed by atoms with Crippen LogP contribution in [0.4, 0.5) is 0 Å². The molecule has 2 aromatic rings. The number of fused-ring (bicyclic) bond motifs is 1. The number of aromatic nitrogens is 1. The van der Waals surface area contributed by atoms with E-state index in [0.717, 1.165) is 5.58 Å². The van der Waals surface area contributed by atoms with Gasteiger partial charge in [0.2, 0.25) is 0 Å². The normalized spacial score (nSPS) is 13.8. The maximum Gasteiger partial charge on any atom is 0.182 e. The molecule has 0 aliphatic rings. The fourth-order valence-electron chi connectivity index (χ4n) is 1.72. The van der Waals surface area contributed by atoms with Crippen LogP contribution in [0, 0.1) is 0 Å². The van der Waals surface area contributed by atoms with Crippen molar-refractivity contribution in [3.8, 4) is 0 Å². The molecule has 0 fully saturated rings. The van der Waals surface area contributed by atoms with Gasteiger partial charge < -0.3 is 4.52 Å². The number of para-hydroxylation sites is 1. The van der Waals surface area contributed by atoms with Gasteiger partial charge in [-0.15, -0.1) is 0 Å². The molecule has 0 spiro atoms. The van der Waals surface area contributed by atoms with Gasteiger partial charge >= 0.3 is 0 Å². The van der Waals surface area contributed by atoms with Crippen molar-refractivity contribution in [3.05, 3.63) is 23.8 Å². The second kappa shape index (κ2) is 2.95.